The first-order chi connectivity index (χ1) is 9.83. The van der Waals surface area contributed by atoms with E-state index >= 15 is 0 Å². The fourth-order valence-corrected chi connectivity index (χ4v) is 2.40. The van der Waals surface area contributed by atoms with Crippen LogP contribution in [0.5, 0.6) is 0 Å². The fourth-order valence-electron chi connectivity index (χ4n) is 2.40. The first kappa shape index (κ1) is 12.8. The lowest BCUT2D eigenvalue weighted by Gasteiger charge is -2.07. The molecule has 2 aromatic rings. The Bertz CT molecular complexity index is 574. The molecule has 0 saturated carbocycles. The molecule has 1 amide bonds. The summed E-state index contributed by atoms with van der Waals surface area (Å²) < 4.78 is 5.27. The quantitative estimate of drug-likeness (QED) is 0.862. The van der Waals surface area contributed by atoms with E-state index in [2.05, 4.69) is 17.4 Å². The Morgan fingerprint density at radius 3 is 2.40 bits per heavy atom. The van der Waals surface area contributed by atoms with Crippen molar-refractivity contribution in [2.24, 2.45) is 0 Å². The summed E-state index contributed by atoms with van der Waals surface area (Å²) in [6.07, 6.45) is -0.380. The highest BCUT2D eigenvalue weighted by molar-refractivity contribution is 6.54. The number of nitrogens with one attached hydrogen (secondary N) is 1. The monoisotopic (exact) mass is 265 g/mol. The van der Waals surface area contributed by atoms with Gasteiger partial charge in [0, 0.05) is 5.69 Å². The third kappa shape index (κ3) is 3.21. The first-order valence-corrected chi connectivity index (χ1v) is 6.87. The Morgan fingerprint density at radius 1 is 1.05 bits per heavy atom. The summed E-state index contributed by atoms with van der Waals surface area (Å²) >= 11 is 0. The maximum absolute atomic E-state index is 11.7. The van der Waals surface area contributed by atoms with Crippen molar-refractivity contribution in [1.29, 1.82) is 0 Å². The van der Waals surface area contributed by atoms with Gasteiger partial charge in [-0.2, -0.15) is 0 Å². The summed E-state index contributed by atoms with van der Waals surface area (Å²) in [5.41, 5.74) is 2.09. The molecule has 2 aromatic carbocycles. The lowest BCUT2D eigenvalue weighted by atomic mass is 9.95. The summed E-state index contributed by atoms with van der Waals surface area (Å²) in [7, 11) is 1.10. The van der Waals surface area contributed by atoms with Crippen LogP contribution in [0.3, 0.4) is 0 Å². The molecule has 1 aliphatic heterocycles. The molecule has 1 heterocycles. The number of para-hydroxylation sites is 1. The van der Waals surface area contributed by atoms with Crippen molar-refractivity contribution in [3.8, 4) is 0 Å². The third-order valence-electron chi connectivity index (χ3n) is 3.60. The number of benzene rings is 2. The van der Waals surface area contributed by atoms with Crippen molar-refractivity contribution in [3.05, 3.63) is 66.2 Å². The topological polar surface area (TPSA) is 38.3 Å². The normalized spacial score (nSPS) is 19.8. The van der Waals surface area contributed by atoms with Gasteiger partial charge in [-0.05, 0) is 23.8 Å². The minimum Gasteiger partial charge on any atom is -0.450 e. The van der Waals surface area contributed by atoms with E-state index in [-0.39, 0.29) is 6.09 Å². The van der Waals surface area contributed by atoms with Crippen LogP contribution in [0.25, 0.3) is 0 Å². The van der Waals surface area contributed by atoms with Gasteiger partial charge >= 0.3 is 6.09 Å². The van der Waals surface area contributed by atoms with Crippen molar-refractivity contribution >= 4 is 19.1 Å². The van der Waals surface area contributed by atoms with Crippen molar-refractivity contribution in [3.63, 3.8) is 0 Å². The molecular formula is C16H16BNO2. The van der Waals surface area contributed by atoms with Crippen LogP contribution >= 0.6 is 0 Å². The van der Waals surface area contributed by atoms with Crippen LogP contribution in [0.2, 0.25) is 5.82 Å². The number of carbonyl (C=O) groups is 1. The van der Waals surface area contributed by atoms with Crippen LogP contribution in [-0.4, -0.2) is 20.0 Å². The summed E-state index contributed by atoms with van der Waals surface area (Å²) in [5.74, 6) is 1.000. The molecule has 2 unspecified atom stereocenters. The van der Waals surface area contributed by atoms with E-state index in [0.717, 1.165) is 13.0 Å². The van der Waals surface area contributed by atoms with Crippen LogP contribution in [0, 0.1) is 0 Å². The Balaban J connectivity index is 1.44. The van der Waals surface area contributed by atoms with E-state index in [0.29, 0.717) is 18.2 Å². The van der Waals surface area contributed by atoms with Crippen molar-refractivity contribution in [2.45, 2.75) is 11.6 Å². The second kappa shape index (κ2) is 5.82. The standard InChI is InChI=1S/C16H16BNO2/c19-16(18-13-9-5-2-6-10-13)20-11-14-15(17-14)12-7-3-1-4-8-12/h1-10,14-15,17H,11H2,(H,18,19). The van der Waals surface area contributed by atoms with E-state index in [1.165, 1.54) is 5.56 Å². The van der Waals surface area contributed by atoms with Crippen molar-refractivity contribution in [2.75, 3.05) is 11.9 Å². The van der Waals surface area contributed by atoms with Crippen LogP contribution in [-0.2, 0) is 4.74 Å². The molecule has 2 atom stereocenters. The van der Waals surface area contributed by atoms with Crippen LogP contribution in [0.4, 0.5) is 10.5 Å². The number of rotatable bonds is 4. The molecule has 0 radical (unpaired) electrons. The summed E-state index contributed by atoms with van der Waals surface area (Å²) in [6, 6.07) is 19.7. The van der Waals surface area contributed by atoms with Gasteiger partial charge in [0.25, 0.3) is 0 Å². The molecule has 100 valence electrons. The molecule has 1 fully saturated rings. The zero-order chi connectivity index (χ0) is 13.8. The fraction of sp³-hybridized carbons (Fsp3) is 0.188. The lowest BCUT2D eigenvalue weighted by Crippen LogP contribution is -2.14. The molecule has 0 bridgehead atoms. The maximum atomic E-state index is 11.7. The van der Waals surface area contributed by atoms with E-state index < -0.39 is 0 Å². The summed E-state index contributed by atoms with van der Waals surface area (Å²) in [6.45, 7) is 0.484. The second-order valence-electron chi connectivity index (χ2n) is 5.10. The van der Waals surface area contributed by atoms with Crippen LogP contribution in [0.15, 0.2) is 60.7 Å². The highest BCUT2D eigenvalue weighted by Crippen LogP contribution is 2.43. The van der Waals surface area contributed by atoms with Gasteiger partial charge in [0.2, 0.25) is 0 Å². The highest BCUT2D eigenvalue weighted by Gasteiger charge is 2.40. The average Bonchev–Trinajstić information content (AvgIpc) is 3.27. The van der Waals surface area contributed by atoms with E-state index in [9.17, 15) is 4.79 Å². The van der Waals surface area contributed by atoms with Crippen molar-refractivity contribution in [1.82, 2.24) is 0 Å². The third-order valence-corrected chi connectivity index (χ3v) is 3.60. The minimum absolute atomic E-state index is 0.380. The lowest BCUT2D eigenvalue weighted by molar-refractivity contribution is 0.163. The van der Waals surface area contributed by atoms with Crippen LogP contribution in [0.1, 0.15) is 11.4 Å². The Labute approximate surface area is 119 Å². The molecule has 0 aliphatic carbocycles. The molecule has 20 heavy (non-hydrogen) atoms. The summed E-state index contributed by atoms with van der Waals surface area (Å²) in [4.78, 5) is 11.7. The molecule has 3 nitrogen and oxygen atoms in total. The van der Waals surface area contributed by atoms with Gasteiger partial charge < -0.3 is 4.74 Å². The number of amides is 1. The predicted molar refractivity (Wildman–Crippen MR) is 81.5 cm³/mol. The molecule has 3 rings (SSSR count). The Kier molecular flexibility index (Phi) is 3.72. The van der Waals surface area contributed by atoms with Gasteiger partial charge in [-0.3, -0.25) is 5.32 Å². The van der Waals surface area contributed by atoms with Gasteiger partial charge in [-0.15, -0.1) is 0 Å². The zero-order valence-electron chi connectivity index (χ0n) is 11.2. The largest absolute Gasteiger partial charge is 0.450 e. The molecule has 0 spiro atoms. The molecule has 4 heteroatoms. The zero-order valence-corrected chi connectivity index (χ0v) is 11.2. The van der Waals surface area contributed by atoms with E-state index in [1.807, 2.05) is 48.5 Å². The molecular weight excluding hydrogens is 249 g/mol. The average molecular weight is 265 g/mol. The van der Waals surface area contributed by atoms with E-state index in [4.69, 9.17) is 4.74 Å². The Morgan fingerprint density at radius 2 is 1.70 bits per heavy atom. The van der Waals surface area contributed by atoms with Gasteiger partial charge in [0.15, 0.2) is 0 Å². The number of hydrogen-bond acceptors (Lipinski definition) is 2. The maximum Gasteiger partial charge on any atom is 0.411 e. The van der Waals surface area contributed by atoms with Gasteiger partial charge in [0.05, 0.1) is 6.61 Å². The highest BCUT2D eigenvalue weighted by atomic mass is 16.5. The number of ether oxygens (including phenoxy) is 1. The van der Waals surface area contributed by atoms with E-state index in [1.54, 1.807) is 0 Å². The number of anilines is 1. The smallest absolute Gasteiger partial charge is 0.411 e. The molecule has 0 aromatic heterocycles. The SMILES string of the molecule is O=C(Nc1ccccc1)OCC1BC1c1ccccc1. The Hall–Kier alpha value is -2.23. The number of carbonyl (C=O) groups excluding carboxylic acids is 1. The minimum atomic E-state index is -0.380. The molecule has 1 aliphatic rings. The number of hydrogen-bond donors (Lipinski definition) is 1. The van der Waals surface area contributed by atoms with Crippen LogP contribution < -0.4 is 5.32 Å². The van der Waals surface area contributed by atoms with Gasteiger partial charge in [0.1, 0.15) is 7.28 Å². The molecule has 1 saturated heterocycles. The second-order valence-corrected chi connectivity index (χ2v) is 5.10. The first-order valence-electron chi connectivity index (χ1n) is 6.87. The van der Waals surface area contributed by atoms with Crippen molar-refractivity contribution < 1.29 is 9.53 Å². The van der Waals surface area contributed by atoms with Gasteiger partial charge in [-0.25, -0.2) is 4.79 Å². The van der Waals surface area contributed by atoms with Gasteiger partial charge in [-0.1, -0.05) is 54.1 Å². The summed E-state index contributed by atoms with van der Waals surface area (Å²) in [5, 5.41) is 2.72. The predicted octanol–water partition coefficient (Wildman–Crippen LogP) is 3.22. The molecule has 1 N–H and O–H groups in total.